The molecule has 2 rings (SSSR count). The maximum Gasteiger partial charge on any atom is 0.166 e. The number of fused-ring (bicyclic) bond motifs is 1. The van der Waals surface area contributed by atoms with Crippen molar-refractivity contribution >= 4 is 11.6 Å². The number of rotatable bonds is 0. The Morgan fingerprint density at radius 2 is 2.29 bits per heavy atom. The van der Waals surface area contributed by atoms with Gasteiger partial charge < -0.3 is 9.84 Å². The largest absolute Gasteiger partial charge is 0.487 e. The molecule has 0 spiro atoms. The Hall–Kier alpha value is -0.800. The molecule has 0 fully saturated rings. The minimum absolute atomic E-state index is 0.132. The zero-order chi connectivity index (χ0) is 10.3. The maximum atomic E-state index is 13.3. The van der Waals surface area contributed by atoms with E-state index in [-0.39, 0.29) is 18.3 Å². The summed E-state index contributed by atoms with van der Waals surface area (Å²) < 4.78 is 18.4. The third-order valence-corrected chi connectivity index (χ3v) is 2.72. The van der Waals surface area contributed by atoms with Gasteiger partial charge in [0, 0.05) is 16.5 Å². The van der Waals surface area contributed by atoms with Crippen LogP contribution in [0.4, 0.5) is 4.39 Å². The molecule has 76 valence electrons. The molecule has 0 saturated heterocycles. The van der Waals surface area contributed by atoms with Gasteiger partial charge in [0.2, 0.25) is 0 Å². The highest BCUT2D eigenvalue weighted by molar-refractivity contribution is 6.30. The van der Waals surface area contributed by atoms with Gasteiger partial charge in [0.1, 0.15) is 6.61 Å². The van der Waals surface area contributed by atoms with E-state index in [0.717, 1.165) is 0 Å². The van der Waals surface area contributed by atoms with Crippen LogP contribution in [0.15, 0.2) is 12.1 Å². The van der Waals surface area contributed by atoms with E-state index >= 15 is 0 Å². The summed E-state index contributed by atoms with van der Waals surface area (Å²) in [7, 11) is 0. The number of halogens is 2. The molecule has 1 aliphatic rings. The first-order chi connectivity index (χ1) is 6.59. The number of aliphatic hydroxyl groups is 1. The van der Waals surface area contributed by atoms with Crippen LogP contribution in [0.3, 0.4) is 0 Å². The summed E-state index contributed by atoms with van der Waals surface area (Å²) in [4.78, 5) is 0. The summed E-state index contributed by atoms with van der Waals surface area (Å²) >= 11 is 5.72. The van der Waals surface area contributed by atoms with E-state index in [2.05, 4.69) is 0 Å². The fourth-order valence-electron chi connectivity index (χ4n) is 1.59. The summed E-state index contributed by atoms with van der Waals surface area (Å²) in [5.74, 6) is -0.398. The number of ether oxygens (including phenoxy) is 1. The van der Waals surface area contributed by atoms with Gasteiger partial charge in [0.05, 0.1) is 6.10 Å². The highest BCUT2D eigenvalue weighted by Gasteiger charge is 2.28. The Morgan fingerprint density at radius 3 is 3.00 bits per heavy atom. The predicted octanol–water partition coefficient (Wildman–Crippen LogP) is 2.34. The molecule has 0 aromatic heterocycles. The number of hydrogen-bond donors (Lipinski definition) is 1. The van der Waals surface area contributed by atoms with E-state index in [1.54, 1.807) is 6.07 Å². The first-order valence-electron chi connectivity index (χ1n) is 4.39. The van der Waals surface area contributed by atoms with E-state index in [1.807, 2.05) is 6.92 Å². The summed E-state index contributed by atoms with van der Waals surface area (Å²) in [5, 5.41) is 9.84. The smallest absolute Gasteiger partial charge is 0.166 e. The Morgan fingerprint density at radius 1 is 1.57 bits per heavy atom. The van der Waals surface area contributed by atoms with Gasteiger partial charge in [-0.1, -0.05) is 18.5 Å². The highest BCUT2D eigenvalue weighted by Crippen LogP contribution is 2.37. The normalized spacial score (nSPS) is 25.4. The molecule has 1 N–H and O–H groups in total. The lowest BCUT2D eigenvalue weighted by Crippen LogP contribution is -2.29. The van der Waals surface area contributed by atoms with E-state index in [1.165, 1.54) is 6.07 Å². The number of aliphatic hydroxyl groups excluding tert-OH is 1. The minimum atomic E-state index is -0.597. The van der Waals surface area contributed by atoms with Crippen molar-refractivity contribution in [1.82, 2.24) is 0 Å². The Bertz CT molecular complexity index is 367. The molecular formula is C10H10ClFO2. The highest BCUT2D eigenvalue weighted by atomic mass is 35.5. The molecule has 2 atom stereocenters. The van der Waals surface area contributed by atoms with Crippen molar-refractivity contribution in [3.63, 3.8) is 0 Å². The van der Waals surface area contributed by atoms with Crippen molar-refractivity contribution in [3.8, 4) is 5.75 Å². The van der Waals surface area contributed by atoms with Crippen molar-refractivity contribution in [2.24, 2.45) is 0 Å². The van der Waals surface area contributed by atoms with Gasteiger partial charge in [-0.15, -0.1) is 0 Å². The fourth-order valence-corrected chi connectivity index (χ4v) is 1.80. The quantitative estimate of drug-likeness (QED) is 0.721. The van der Waals surface area contributed by atoms with Crippen molar-refractivity contribution in [2.45, 2.75) is 18.9 Å². The first kappa shape index (κ1) is 9.74. The van der Waals surface area contributed by atoms with Gasteiger partial charge in [0.25, 0.3) is 0 Å². The Balaban J connectivity index is 2.54. The standard InChI is InChI=1S/C10H10ClFO2/c1-5-7-2-6(11)3-8(12)10(7)14-4-9(5)13/h2-3,5,9,13H,4H2,1H3/t5-,9+/m0/s1. The lowest BCUT2D eigenvalue weighted by Gasteiger charge is -2.28. The SMILES string of the molecule is C[C@H]1c2cc(Cl)cc(F)c2OC[C@H]1O. The summed E-state index contributed by atoms with van der Waals surface area (Å²) in [5.41, 5.74) is 0.633. The lowest BCUT2D eigenvalue weighted by molar-refractivity contribution is 0.0686. The van der Waals surface area contributed by atoms with E-state index < -0.39 is 11.9 Å². The lowest BCUT2D eigenvalue weighted by atomic mass is 9.93. The van der Waals surface area contributed by atoms with Gasteiger partial charge in [0.15, 0.2) is 11.6 Å². The van der Waals surface area contributed by atoms with Gasteiger partial charge in [-0.3, -0.25) is 0 Å². The number of benzene rings is 1. The third kappa shape index (κ3) is 1.47. The molecular weight excluding hydrogens is 207 g/mol. The zero-order valence-electron chi connectivity index (χ0n) is 7.63. The van der Waals surface area contributed by atoms with Crippen molar-refractivity contribution in [2.75, 3.05) is 6.61 Å². The molecule has 1 aromatic carbocycles. The molecule has 4 heteroatoms. The topological polar surface area (TPSA) is 29.5 Å². The van der Waals surface area contributed by atoms with Crippen LogP contribution in [0.25, 0.3) is 0 Å². The van der Waals surface area contributed by atoms with Crippen LogP contribution in [0.1, 0.15) is 18.4 Å². The first-order valence-corrected chi connectivity index (χ1v) is 4.77. The average Bonchev–Trinajstić information content (AvgIpc) is 2.12. The molecule has 0 bridgehead atoms. The van der Waals surface area contributed by atoms with E-state index in [0.29, 0.717) is 10.6 Å². The van der Waals surface area contributed by atoms with E-state index in [4.69, 9.17) is 16.3 Å². The van der Waals surface area contributed by atoms with Crippen LogP contribution < -0.4 is 4.74 Å². The Labute approximate surface area is 86.3 Å². The molecule has 1 aromatic rings. The molecule has 0 saturated carbocycles. The molecule has 14 heavy (non-hydrogen) atoms. The molecule has 0 radical (unpaired) electrons. The van der Waals surface area contributed by atoms with E-state index in [9.17, 15) is 9.50 Å². The summed E-state index contributed by atoms with van der Waals surface area (Å²) in [6, 6.07) is 2.85. The van der Waals surface area contributed by atoms with Crippen LogP contribution in [0, 0.1) is 5.82 Å². The molecule has 1 aliphatic heterocycles. The molecule has 0 unspecified atom stereocenters. The second-order valence-corrected chi connectivity index (χ2v) is 3.91. The fraction of sp³-hybridized carbons (Fsp3) is 0.400. The monoisotopic (exact) mass is 216 g/mol. The number of hydrogen-bond acceptors (Lipinski definition) is 2. The van der Waals surface area contributed by atoms with Crippen molar-refractivity contribution in [1.29, 1.82) is 0 Å². The van der Waals surface area contributed by atoms with Gasteiger partial charge >= 0.3 is 0 Å². The minimum Gasteiger partial charge on any atom is -0.487 e. The second-order valence-electron chi connectivity index (χ2n) is 3.47. The summed E-state index contributed by atoms with van der Waals surface area (Å²) in [6.07, 6.45) is -0.597. The summed E-state index contributed by atoms with van der Waals surface area (Å²) in [6.45, 7) is 1.95. The molecule has 2 nitrogen and oxygen atoms in total. The van der Waals surface area contributed by atoms with Crippen LogP contribution in [0.2, 0.25) is 5.02 Å². The van der Waals surface area contributed by atoms with Crippen LogP contribution in [0.5, 0.6) is 5.75 Å². The molecule has 1 heterocycles. The molecule has 0 amide bonds. The van der Waals surface area contributed by atoms with Gasteiger partial charge in [-0.2, -0.15) is 0 Å². The van der Waals surface area contributed by atoms with Gasteiger partial charge in [-0.25, -0.2) is 4.39 Å². The van der Waals surface area contributed by atoms with Crippen LogP contribution in [-0.4, -0.2) is 17.8 Å². The third-order valence-electron chi connectivity index (χ3n) is 2.50. The second kappa shape index (κ2) is 3.41. The van der Waals surface area contributed by atoms with Crippen LogP contribution in [-0.2, 0) is 0 Å². The maximum absolute atomic E-state index is 13.3. The Kier molecular flexibility index (Phi) is 2.37. The van der Waals surface area contributed by atoms with Crippen molar-refractivity contribution in [3.05, 3.63) is 28.5 Å². The average molecular weight is 217 g/mol. The van der Waals surface area contributed by atoms with Crippen LogP contribution >= 0.6 is 11.6 Å². The van der Waals surface area contributed by atoms with Gasteiger partial charge in [-0.05, 0) is 12.1 Å². The zero-order valence-corrected chi connectivity index (χ0v) is 8.38. The predicted molar refractivity (Wildman–Crippen MR) is 51.3 cm³/mol. The van der Waals surface area contributed by atoms with Crippen molar-refractivity contribution < 1.29 is 14.2 Å². The molecule has 0 aliphatic carbocycles.